The van der Waals surface area contributed by atoms with E-state index in [1.54, 1.807) is 12.1 Å². The van der Waals surface area contributed by atoms with Crippen LogP contribution in [0.25, 0.3) is 21.7 Å². The van der Waals surface area contributed by atoms with E-state index in [4.69, 9.17) is 0 Å². The van der Waals surface area contributed by atoms with E-state index in [2.05, 4.69) is 31.8 Å². The number of amides is 2. The third-order valence-electron chi connectivity index (χ3n) is 4.94. The number of carbonyl (C=O) groups excluding carboxylic acids is 2. The van der Waals surface area contributed by atoms with E-state index in [1.165, 1.54) is 10.9 Å². The molecule has 0 fully saturated rings. The summed E-state index contributed by atoms with van der Waals surface area (Å²) in [5.74, 6) is -0.716. The predicted molar refractivity (Wildman–Crippen MR) is 122 cm³/mol. The van der Waals surface area contributed by atoms with Crippen molar-refractivity contribution in [3.8, 4) is 0 Å². The van der Waals surface area contributed by atoms with Crippen molar-refractivity contribution < 1.29 is 9.59 Å². The predicted octanol–water partition coefficient (Wildman–Crippen LogP) is 3.09. The molecule has 0 bridgehead atoms. The van der Waals surface area contributed by atoms with Crippen molar-refractivity contribution in [3.63, 3.8) is 0 Å². The third kappa shape index (κ3) is 4.80. The summed E-state index contributed by atoms with van der Waals surface area (Å²) in [6.07, 6.45) is 1.59. The molecule has 2 amide bonds. The van der Waals surface area contributed by atoms with Crippen LogP contribution in [0.3, 0.4) is 0 Å². The molecule has 0 aliphatic rings. The molecule has 0 spiro atoms. The van der Waals surface area contributed by atoms with Crippen molar-refractivity contribution in [1.29, 1.82) is 0 Å². The van der Waals surface area contributed by atoms with Gasteiger partial charge in [0.05, 0.1) is 23.7 Å². The number of hydrogen-bond acceptors (Lipinski definition) is 4. The molecule has 0 saturated heterocycles. The maximum absolute atomic E-state index is 12.6. The van der Waals surface area contributed by atoms with Gasteiger partial charge in [0.2, 0.25) is 11.8 Å². The summed E-state index contributed by atoms with van der Waals surface area (Å²) in [6.45, 7) is 0.152. The van der Waals surface area contributed by atoms with Gasteiger partial charge in [-0.25, -0.2) is 4.98 Å². The van der Waals surface area contributed by atoms with E-state index in [0.717, 1.165) is 20.8 Å². The van der Waals surface area contributed by atoms with E-state index in [-0.39, 0.29) is 30.9 Å². The van der Waals surface area contributed by atoms with Gasteiger partial charge in [0.25, 0.3) is 5.56 Å². The number of hydrogen-bond donors (Lipinski definition) is 2. The van der Waals surface area contributed by atoms with Gasteiger partial charge in [0.1, 0.15) is 0 Å². The molecular formula is C23H19BrN4O3. The Hall–Kier alpha value is -3.52. The van der Waals surface area contributed by atoms with Crippen molar-refractivity contribution in [1.82, 2.24) is 20.4 Å². The number of aromatic nitrogens is 2. The first-order valence-corrected chi connectivity index (χ1v) is 10.5. The van der Waals surface area contributed by atoms with E-state index >= 15 is 0 Å². The Labute approximate surface area is 186 Å². The molecule has 0 aliphatic carbocycles. The van der Waals surface area contributed by atoms with Crippen LogP contribution in [0.15, 0.2) is 76.3 Å². The lowest BCUT2D eigenvalue weighted by molar-refractivity contribution is -0.128. The van der Waals surface area contributed by atoms with Crippen molar-refractivity contribution in [3.05, 3.63) is 87.4 Å². The number of carbonyl (C=O) groups is 2. The fraction of sp³-hybridized carbons (Fsp3) is 0.130. The molecule has 1 aromatic heterocycles. The number of fused-ring (bicyclic) bond motifs is 2. The van der Waals surface area contributed by atoms with Crippen LogP contribution in [-0.4, -0.2) is 21.4 Å². The maximum atomic E-state index is 12.6. The van der Waals surface area contributed by atoms with E-state index in [9.17, 15) is 14.4 Å². The zero-order chi connectivity index (χ0) is 21.8. The Bertz CT molecular complexity index is 1340. The molecule has 0 saturated carbocycles. The van der Waals surface area contributed by atoms with Crippen LogP contribution in [0, 0.1) is 0 Å². The monoisotopic (exact) mass is 478 g/mol. The van der Waals surface area contributed by atoms with Gasteiger partial charge >= 0.3 is 0 Å². The van der Waals surface area contributed by atoms with Crippen molar-refractivity contribution in [2.24, 2.45) is 0 Å². The topological polar surface area (TPSA) is 93.1 Å². The number of nitrogens with one attached hydrogen (secondary N) is 2. The fourth-order valence-electron chi connectivity index (χ4n) is 3.38. The summed E-state index contributed by atoms with van der Waals surface area (Å²) in [7, 11) is 0. The van der Waals surface area contributed by atoms with Crippen molar-refractivity contribution in [2.75, 3.05) is 0 Å². The summed E-state index contributed by atoms with van der Waals surface area (Å²) in [4.78, 5) is 41.2. The standard InChI is InChI=1S/C23H19BrN4O3/c24-17-8-9-20-19(13-17)23(31)28(14-25-20)11-10-21(29)26-27-22(30)12-16-6-3-5-15-4-1-2-7-18(15)16/h1-9,13-14H,10-12H2,(H,26,29)(H,27,30). The SMILES string of the molecule is O=C(CCn1cnc2ccc(Br)cc2c1=O)NNC(=O)Cc1cccc2ccccc12. The minimum absolute atomic E-state index is 0.0235. The first-order chi connectivity index (χ1) is 15.0. The first-order valence-electron chi connectivity index (χ1n) is 9.70. The lowest BCUT2D eigenvalue weighted by atomic mass is 10.0. The molecule has 2 N–H and O–H groups in total. The van der Waals surface area contributed by atoms with Gasteiger partial charge in [0.15, 0.2) is 0 Å². The molecule has 0 aliphatic heterocycles. The molecule has 0 unspecified atom stereocenters. The summed E-state index contributed by atoms with van der Waals surface area (Å²) in [5.41, 5.74) is 6.09. The smallest absolute Gasteiger partial charge is 0.261 e. The second kappa shape index (κ2) is 9.09. The van der Waals surface area contributed by atoms with Crippen LogP contribution in [0.2, 0.25) is 0 Å². The Morgan fingerprint density at radius 3 is 2.58 bits per heavy atom. The average Bonchev–Trinajstić information content (AvgIpc) is 2.78. The zero-order valence-corrected chi connectivity index (χ0v) is 18.1. The second-order valence-corrected chi connectivity index (χ2v) is 7.98. The summed E-state index contributed by atoms with van der Waals surface area (Å²) in [6, 6.07) is 18.9. The molecule has 7 nitrogen and oxygen atoms in total. The Morgan fingerprint density at radius 1 is 0.935 bits per heavy atom. The molecular weight excluding hydrogens is 460 g/mol. The number of hydrazine groups is 1. The number of nitrogens with zero attached hydrogens (tertiary/aromatic N) is 2. The molecule has 4 aromatic rings. The summed E-state index contributed by atoms with van der Waals surface area (Å²) < 4.78 is 2.16. The fourth-order valence-corrected chi connectivity index (χ4v) is 3.74. The molecule has 8 heteroatoms. The second-order valence-electron chi connectivity index (χ2n) is 7.07. The highest BCUT2D eigenvalue weighted by Crippen LogP contribution is 2.18. The average molecular weight is 479 g/mol. The lowest BCUT2D eigenvalue weighted by Gasteiger charge is -2.10. The van der Waals surface area contributed by atoms with Crippen LogP contribution >= 0.6 is 15.9 Å². The molecule has 3 aromatic carbocycles. The molecule has 1 heterocycles. The van der Waals surface area contributed by atoms with Crippen molar-refractivity contribution >= 4 is 49.4 Å². The van der Waals surface area contributed by atoms with Gasteiger partial charge in [0, 0.05) is 17.4 Å². The Kier molecular flexibility index (Phi) is 6.08. The Morgan fingerprint density at radius 2 is 1.71 bits per heavy atom. The van der Waals surface area contributed by atoms with Gasteiger partial charge in [-0.15, -0.1) is 0 Å². The molecule has 0 atom stereocenters. The maximum Gasteiger partial charge on any atom is 0.261 e. The number of aryl methyl sites for hydroxylation is 1. The number of rotatable bonds is 5. The highest BCUT2D eigenvalue weighted by atomic mass is 79.9. The highest BCUT2D eigenvalue weighted by molar-refractivity contribution is 9.10. The van der Waals surface area contributed by atoms with Crippen LogP contribution in [0.5, 0.6) is 0 Å². The quantitative estimate of drug-likeness (QED) is 0.431. The first kappa shape index (κ1) is 20.7. The summed E-state index contributed by atoms with van der Waals surface area (Å²) in [5, 5.41) is 2.53. The summed E-state index contributed by atoms with van der Waals surface area (Å²) >= 11 is 3.34. The van der Waals surface area contributed by atoms with Crippen LogP contribution in [-0.2, 0) is 22.6 Å². The molecule has 0 radical (unpaired) electrons. The lowest BCUT2D eigenvalue weighted by Crippen LogP contribution is -2.42. The molecule has 31 heavy (non-hydrogen) atoms. The minimum Gasteiger partial charge on any atom is -0.298 e. The third-order valence-corrected chi connectivity index (χ3v) is 5.43. The van der Waals surface area contributed by atoms with E-state index < -0.39 is 5.91 Å². The number of halogens is 1. The highest BCUT2D eigenvalue weighted by Gasteiger charge is 2.10. The van der Waals surface area contributed by atoms with Gasteiger partial charge < -0.3 is 0 Å². The number of benzene rings is 3. The van der Waals surface area contributed by atoms with Gasteiger partial charge in [-0.1, -0.05) is 58.4 Å². The normalized spacial score (nSPS) is 10.9. The van der Waals surface area contributed by atoms with E-state index in [0.29, 0.717) is 10.9 Å². The molecule has 4 rings (SSSR count). The van der Waals surface area contributed by atoms with Gasteiger partial charge in [-0.3, -0.25) is 29.8 Å². The minimum atomic E-state index is -0.396. The van der Waals surface area contributed by atoms with Gasteiger partial charge in [-0.2, -0.15) is 0 Å². The molecule has 156 valence electrons. The zero-order valence-electron chi connectivity index (χ0n) is 16.5. The van der Waals surface area contributed by atoms with Gasteiger partial charge in [-0.05, 0) is 34.5 Å². The Balaban J connectivity index is 1.33. The van der Waals surface area contributed by atoms with E-state index in [1.807, 2.05) is 48.5 Å². The largest absolute Gasteiger partial charge is 0.298 e. The van der Waals surface area contributed by atoms with Crippen molar-refractivity contribution in [2.45, 2.75) is 19.4 Å². The van der Waals surface area contributed by atoms with Crippen LogP contribution < -0.4 is 16.4 Å². The van der Waals surface area contributed by atoms with Crippen LogP contribution in [0.1, 0.15) is 12.0 Å². The van der Waals surface area contributed by atoms with Crippen LogP contribution in [0.4, 0.5) is 0 Å².